The van der Waals surface area contributed by atoms with Crippen LogP contribution in [-0.2, 0) is 6.42 Å². The van der Waals surface area contributed by atoms with Gasteiger partial charge in [0, 0.05) is 11.1 Å². The molecule has 1 aliphatic carbocycles. The van der Waals surface area contributed by atoms with Gasteiger partial charge in [-0.3, -0.25) is 0 Å². The summed E-state index contributed by atoms with van der Waals surface area (Å²) in [7, 11) is 0. The topological polar surface area (TPSA) is 12.0 Å². The van der Waals surface area contributed by atoms with E-state index in [1.54, 1.807) is 12.1 Å². The lowest BCUT2D eigenvalue weighted by Gasteiger charge is -2.38. The second-order valence-corrected chi connectivity index (χ2v) is 6.38. The van der Waals surface area contributed by atoms with Crippen LogP contribution in [-0.4, -0.2) is 12.6 Å². The van der Waals surface area contributed by atoms with Crippen LogP contribution >= 0.6 is 11.6 Å². The summed E-state index contributed by atoms with van der Waals surface area (Å²) in [4.78, 5) is 0. The minimum Gasteiger partial charge on any atom is -0.313 e. The predicted molar refractivity (Wildman–Crippen MR) is 83.8 cm³/mol. The molecule has 1 saturated carbocycles. The zero-order valence-electron chi connectivity index (χ0n) is 12.5. The van der Waals surface area contributed by atoms with Gasteiger partial charge in [-0.1, -0.05) is 38.3 Å². The molecule has 0 aromatic heterocycles. The molecule has 1 fully saturated rings. The molecule has 0 amide bonds. The first-order valence-corrected chi connectivity index (χ1v) is 8.16. The highest BCUT2D eigenvalue weighted by molar-refractivity contribution is 6.31. The molecule has 1 atom stereocenters. The molecular weight excluding hydrogens is 273 g/mol. The molecule has 1 unspecified atom stereocenters. The van der Waals surface area contributed by atoms with Crippen LogP contribution in [0, 0.1) is 11.2 Å². The van der Waals surface area contributed by atoms with Crippen molar-refractivity contribution in [1.29, 1.82) is 0 Å². The van der Waals surface area contributed by atoms with Crippen molar-refractivity contribution in [2.75, 3.05) is 6.54 Å². The van der Waals surface area contributed by atoms with Gasteiger partial charge in [0.2, 0.25) is 0 Å². The Morgan fingerprint density at radius 1 is 1.30 bits per heavy atom. The van der Waals surface area contributed by atoms with Gasteiger partial charge in [0.25, 0.3) is 0 Å². The fourth-order valence-electron chi connectivity index (χ4n) is 3.70. The summed E-state index contributed by atoms with van der Waals surface area (Å²) >= 11 is 6.24. The minimum atomic E-state index is -0.198. The van der Waals surface area contributed by atoms with Crippen molar-refractivity contribution in [3.63, 3.8) is 0 Å². The van der Waals surface area contributed by atoms with E-state index in [0.717, 1.165) is 18.5 Å². The van der Waals surface area contributed by atoms with Crippen molar-refractivity contribution in [3.05, 3.63) is 34.6 Å². The first-order valence-electron chi connectivity index (χ1n) is 7.78. The van der Waals surface area contributed by atoms with Crippen LogP contribution in [0.25, 0.3) is 0 Å². The number of hydrogen-bond acceptors (Lipinski definition) is 1. The highest BCUT2D eigenvalue weighted by Gasteiger charge is 2.39. The maximum Gasteiger partial charge on any atom is 0.123 e. The van der Waals surface area contributed by atoms with Crippen molar-refractivity contribution in [3.8, 4) is 0 Å². The van der Waals surface area contributed by atoms with Crippen LogP contribution in [0.15, 0.2) is 18.2 Å². The summed E-state index contributed by atoms with van der Waals surface area (Å²) in [6, 6.07) is 5.08. The van der Waals surface area contributed by atoms with Crippen LogP contribution in [0.5, 0.6) is 0 Å². The third-order valence-electron chi connectivity index (χ3n) is 4.92. The number of halogens is 2. The molecule has 0 saturated heterocycles. The fraction of sp³-hybridized carbons (Fsp3) is 0.647. The Morgan fingerprint density at radius 3 is 2.60 bits per heavy atom. The molecular formula is C17H25ClFN. The van der Waals surface area contributed by atoms with E-state index in [0.29, 0.717) is 16.5 Å². The van der Waals surface area contributed by atoms with E-state index in [4.69, 9.17) is 11.6 Å². The van der Waals surface area contributed by atoms with Crippen molar-refractivity contribution in [1.82, 2.24) is 5.32 Å². The van der Waals surface area contributed by atoms with E-state index in [-0.39, 0.29) is 5.82 Å². The summed E-state index contributed by atoms with van der Waals surface area (Å²) < 4.78 is 13.5. The third kappa shape index (κ3) is 3.35. The van der Waals surface area contributed by atoms with Gasteiger partial charge in [0.05, 0.1) is 0 Å². The summed E-state index contributed by atoms with van der Waals surface area (Å²) in [5.74, 6) is -0.198. The van der Waals surface area contributed by atoms with Crippen molar-refractivity contribution < 1.29 is 4.39 Å². The number of hydrogen-bond donors (Lipinski definition) is 1. The summed E-state index contributed by atoms with van der Waals surface area (Å²) in [6.45, 7) is 5.36. The first-order chi connectivity index (χ1) is 9.61. The van der Waals surface area contributed by atoms with Gasteiger partial charge < -0.3 is 5.32 Å². The highest BCUT2D eigenvalue weighted by Crippen LogP contribution is 2.45. The molecule has 0 aliphatic heterocycles. The lowest BCUT2D eigenvalue weighted by molar-refractivity contribution is 0.186. The summed E-state index contributed by atoms with van der Waals surface area (Å²) in [6.07, 6.45) is 7.16. The Balaban J connectivity index is 2.22. The Morgan fingerprint density at radius 2 is 2.00 bits per heavy atom. The molecule has 1 aromatic rings. The molecule has 0 spiro atoms. The van der Waals surface area contributed by atoms with Gasteiger partial charge in [-0.2, -0.15) is 0 Å². The van der Waals surface area contributed by atoms with Crippen LogP contribution < -0.4 is 5.32 Å². The Hall–Kier alpha value is -0.600. The van der Waals surface area contributed by atoms with Crippen LogP contribution in [0.3, 0.4) is 0 Å². The zero-order chi connectivity index (χ0) is 14.6. The molecule has 112 valence electrons. The lowest BCUT2D eigenvalue weighted by Crippen LogP contribution is -2.45. The first kappa shape index (κ1) is 15.8. The second kappa shape index (κ2) is 6.91. The number of rotatable bonds is 6. The molecule has 1 aromatic carbocycles. The highest BCUT2D eigenvalue weighted by atomic mass is 35.5. The van der Waals surface area contributed by atoms with E-state index >= 15 is 0 Å². The van der Waals surface area contributed by atoms with Crippen molar-refractivity contribution >= 4 is 11.6 Å². The molecule has 20 heavy (non-hydrogen) atoms. The molecule has 0 heterocycles. The molecule has 3 heteroatoms. The van der Waals surface area contributed by atoms with E-state index in [1.165, 1.54) is 38.2 Å². The van der Waals surface area contributed by atoms with Crippen LogP contribution in [0.4, 0.5) is 4.39 Å². The monoisotopic (exact) mass is 297 g/mol. The predicted octanol–water partition coefficient (Wildman–Crippen LogP) is 4.97. The third-order valence-corrected chi connectivity index (χ3v) is 5.29. The van der Waals surface area contributed by atoms with Gasteiger partial charge in [-0.05, 0) is 61.4 Å². The van der Waals surface area contributed by atoms with Gasteiger partial charge >= 0.3 is 0 Å². The number of likely N-dealkylation sites (N-methyl/N-ethyl adjacent to an activating group) is 1. The van der Waals surface area contributed by atoms with Gasteiger partial charge in [-0.15, -0.1) is 0 Å². The Bertz CT molecular complexity index is 441. The fourth-order valence-corrected chi connectivity index (χ4v) is 3.89. The van der Waals surface area contributed by atoms with Crippen molar-refractivity contribution in [2.24, 2.45) is 5.41 Å². The summed E-state index contributed by atoms with van der Waals surface area (Å²) in [5.41, 5.74) is 1.28. The lowest BCUT2D eigenvalue weighted by atomic mass is 9.74. The SMILES string of the molecule is CCNC(Cc1cc(F)ccc1Cl)C1(CC)CCCC1. The normalized spacial score (nSPS) is 19.2. The van der Waals surface area contributed by atoms with E-state index in [9.17, 15) is 4.39 Å². The quantitative estimate of drug-likeness (QED) is 0.781. The average Bonchev–Trinajstić information content (AvgIpc) is 2.92. The molecule has 0 bridgehead atoms. The Labute approximate surface area is 126 Å². The molecule has 0 radical (unpaired) electrons. The van der Waals surface area contributed by atoms with Gasteiger partial charge in [0.1, 0.15) is 5.82 Å². The van der Waals surface area contributed by atoms with Crippen LogP contribution in [0.1, 0.15) is 51.5 Å². The second-order valence-electron chi connectivity index (χ2n) is 5.97. The zero-order valence-corrected chi connectivity index (χ0v) is 13.3. The average molecular weight is 298 g/mol. The van der Waals surface area contributed by atoms with Crippen LogP contribution in [0.2, 0.25) is 5.02 Å². The maximum atomic E-state index is 13.5. The van der Waals surface area contributed by atoms with E-state index < -0.39 is 0 Å². The molecule has 1 nitrogen and oxygen atoms in total. The summed E-state index contributed by atoms with van der Waals surface area (Å²) in [5, 5.41) is 4.31. The van der Waals surface area contributed by atoms with E-state index in [2.05, 4.69) is 19.2 Å². The Kier molecular flexibility index (Phi) is 5.45. The van der Waals surface area contributed by atoms with E-state index in [1.807, 2.05) is 0 Å². The molecule has 1 aliphatic rings. The smallest absolute Gasteiger partial charge is 0.123 e. The van der Waals surface area contributed by atoms with Crippen molar-refractivity contribution in [2.45, 2.75) is 58.4 Å². The largest absolute Gasteiger partial charge is 0.313 e. The molecule has 1 N–H and O–H groups in total. The van der Waals surface area contributed by atoms with Gasteiger partial charge in [0.15, 0.2) is 0 Å². The number of benzene rings is 1. The minimum absolute atomic E-state index is 0.198. The molecule has 2 rings (SSSR count). The number of nitrogens with one attached hydrogen (secondary N) is 1. The standard InChI is InChI=1S/C17H25ClFN/c1-3-17(9-5-6-10-17)16(20-4-2)12-13-11-14(19)7-8-15(13)18/h7-8,11,16,20H,3-6,9-10,12H2,1-2H3. The van der Waals surface area contributed by atoms with Gasteiger partial charge in [-0.25, -0.2) is 4.39 Å². The maximum absolute atomic E-state index is 13.5.